The summed E-state index contributed by atoms with van der Waals surface area (Å²) >= 11 is 3.90. The highest BCUT2D eigenvalue weighted by Gasteiger charge is 2.19. The topological polar surface area (TPSA) is 96.0 Å². The smallest absolute Gasteiger partial charge is 0.344 e. The van der Waals surface area contributed by atoms with E-state index in [0.717, 1.165) is 28.5 Å². The lowest BCUT2D eigenvalue weighted by molar-refractivity contribution is -0.380. The first-order chi connectivity index (χ1) is 11.7. The first kappa shape index (κ1) is 17.0. The zero-order valence-electron chi connectivity index (χ0n) is 12.6. The molecule has 8 nitrogen and oxygen atoms in total. The number of aromatic nitrogens is 4. The quantitative estimate of drug-likeness (QED) is 0.333. The third kappa shape index (κ3) is 3.80. The molecule has 11 heteroatoms. The Labute approximate surface area is 149 Å². The summed E-state index contributed by atoms with van der Waals surface area (Å²) in [6, 6.07) is 3.95. The first-order valence-corrected chi connectivity index (χ1v) is 9.44. The van der Waals surface area contributed by atoms with Crippen molar-refractivity contribution in [2.24, 2.45) is 0 Å². The van der Waals surface area contributed by atoms with Crippen LogP contribution < -0.4 is 0 Å². The molecule has 0 amide bonds. The fourth-order valence-electron chi connectivity index (χ4n) is 1.98. The first-order valence-electron chi connectivity index (χ1n) is 6.93. The Morgan fingerprint density at radius 2 is 2.33 bits per heavy atom. The highest BCUT2D eigenvalue weighted by molar-refractivity contribution is 8.00. The van der Waals surface area contributed by atoms with Crippen LogP contribution >= 0.6 is 34.4 Å². The van der Waals surface area contributed by atoms with E-state index in [-0.39, 0.29) is 5.00 Å². The van der Waals surface area contributed by atoms with Crippen LogP contribution in [0.2, 0.25) is 0 Å². The molecular formula is C13H13N5O3S3. The van der Waals surface area contributed by atoms with E-state index >= 15 is 0 Å². The van der Waals surface area contributed by atoms with E-state index in [1.165, 1.54) is 18.0 Å². The van der Waals surface area contributed by atoms with Crippen LogP contribution in [0.25, 0.3) is 10.7 Å². The molecule has 0 spiro atoms. The third-order valence-electron chi connectivity index (χ3n) is 3.02. The summed E-state index contributed by atoms with van der Waals surface area (Å²) in [5.41, 5.74) is 0. The fraction of sp³-hybridized carbons (Fsp3) is 0.308. The normalized spacial score (nSPS) is 11.0. The minimum atomic E-state index is -0.442. The van der Waals surface area contributed by atoms with Crippen molar-refractivity contribution in [2.75, 3.05) is 13.7 Å². The van der Waals surface area contributed by atoms with E-state index in [1.54, 1.807) is 18.4 Å². The molecule has 0 saturated carbocycles. The second kappa shape index (κ2) is 7.83. The van der Waals surface area contributed by atoms with Crippen molar-refractivity contribution < 1.29 is 9.66 Å². The molecule has 3 rings (SSSR count). The van der Waals surface area contributed by atoms with Gasteiger partial charge in [-0.3, -0.25) is 10.1 Å². The summed E-state index contributed by atoms with van der Waals surface area (Å²) in [4.78, 5) is 15.5. The van der Waals surface area contributed by atoms with Crippen molar-refractivity contribution in [1.82, 2.24) is 19.7 Å². The lowest BCUT2D eigenvalue weighted by atomic mass is 10.4. The van der Waals surface area contributed by atoms with E-state index in [9.17, 15) is 10.1 Å². The van der Waals surface area contributed by atoms with Crippen LogP contribution in [-0.2, 0) is 11.3 Å². The van der Waals surface area contributed by atoms with Crippen LogP contribution in [0, 0.1) is 10.1 Å². The number of thiophene rings is 1. The van der Waals surface area contributed by atoms with Gasteiger partial charge in [-0.2, -0.15) is 0 Å². The average Bonchev–Trinajstić information content (AvgIpc) is 3.28. The van der Waals surface area contributed by atoms with Crippen molar-refractivity contribution in [3.05, 3.63) is 33.8 Å². The van der Waals surface area contributed by atoms with Crippen molar-refractivity contribution in [3.63, 3.8) is 0 Å². The van der Waals surface area contributed by atoms with Gasteiger partial charge in [0.25, 0.3) is 0 Å². The summed E-state index contributed by atoms with van der Waals surface area (Å²) in [7, 11) is 1.66. The molecule has 0 fully saturated rings. The van der Waals surface area contributed by atoms with Gasteiger partial charge in [0.1, 0.15) is 6.20 Å². The van der Waals surface area contributed by atoms with Crippen LogP contribution in [0.5, 0.6) is 0 Å². The average molecular weight is 383 g/mol. The van der Waals surface area contributed by atoms with Crippen molar-refractivity contribution in [1.29, 1.82) is 0 Å². The van der Waals surface area contributed by atoms with Gasteiger partial charge in [-0.05, 0) is 41.0 Å². The molecule has 3 aromatic rings. The van der Waals surface area contributed by atoms with Crippen LogP contribution in [0.1, 0.15) is 6.42 Å². The lowest BCUT2D eigenvalue weighted by Gasteiger charge is -2.08. The van der Waals surface area contributed by atoms with E-state index in [1.807, 2.05) is 22.1 Å². The molecule has 0 saturated heterocycles. The molecule has 3 heterocycles. The molecule has 0 aliphatic carbocycles. The standard InChI is InChI=1S/C13H13N5O3S3/c1-21-6-3-5-17-11(9-4-2-7-22-9)15-16-12(17)24-13-14-8-10(23-13)18(19)20/h2,4,7-8H,3,5-6H2,1H3. The van der Waals surface area contributed by atoms with Crippen LogP contribution in [0.3, 0.4) is 0 Å². The molecule has 0 radical (unpaired) electrons. The van der Waals surface area contributed by atoms with Crippen LogP contribution in [0.4, 0.5) is 5.00 Å². The van der Waals surface area contributed by atoms with E-state index < -0.39 is 4.92 Å². The molecule has 0 unspecified atom stereocenters. The lowest BCUT2D eigenvalue weighted by Crippen LogP contribution is -2.04. The van der Waals surface area contributed by atoms with Gasteiger partial charge in [-0.25, -0.2) is 4.98 Å². The Kier molecular flexibility index (Phi) is 5.56. The molecule has 24 heavy (non-hydrogen) atoms. The second-order valence-corrected chi connectivity index (χ2v) is 7.78. The van der Waals surface area contributed by atoms with Gasteiger partial charge in [-0.15, -0.1) is 21.5 Å². The van der Waals surface area contributed by atoms with Gasteiger partial charge in [-0.1, -0.05) is 6.07 Å². The summed E-state index contributed by atoms with van der Waals surface area (Å²) in [5.74, 6) is 0.787. The molecule has 0 atom stereocenters. The number of rotatable bonds is 8. The monoisotopic (exact) mass is 383 g/mol. The Morgan fingerprint density at radius 1 is 1.46 bits per heavy atom. The second-order valence-electron chi connectivity index (χ2n) is 4.61. The van der Waals surface area contributed by atoms with Gasteiger partial charge in [0.15, 0.2) is 15.3 Å². The number of nitrogens with zero attached hydrogens (tertiary/aromatic N) is 5. The van der Waals surface area contributed by atoms with Gasteiger partial charge >= 0.3 is 5.00 Å². The van der Waals surface area contributed by atoms with Gasteiger partial charge in [0.2, 0.25) is 0 Å². The molecule has 0 N–H and O–H groups in total. The predicted molar refractivity (Wildman–Crippen MR) is 92.7 cm³/mol. The zero-order chi connectivity index (χ0) is 16.9. The summed E-state index contributed by atoms with van der Waals surface area (Å²) in [5, 5.41) is 22.0. The van der Waals surface area contributed by atoms with Crippen molar-refractivity contribution in [3.8, 4) is 10.7 Å². The van der Waals surface area contributed by atoms with Crippen LogP contribution in [0.15, 0.2) is 33.2 Å². The zero-order valence-corrected chi connectivity index (χ0v) is 15.1. The summed E-state index contributed by atoms with van der Waals surface area (Å²) in [6.07, 6.45) is 2.08. The van der Waals surface area contributed by atoms with E-state index in [0.29, 0.717) is 22.6 Å². The SMILES string of the molecule is COCCCn1c(Sc2ncc([N+](=O)[O-])s2)nnc1-c1cccs1. The van der Waals surface area contributed by atoms with Gasteiger partial charge in [0.05, 0.1) is 9.80 Å². The Morgan fingerprint density at radius 3 is 3.00 bits per heavy atom. The Balaban J connectivity index is 1.87. The number of hydrogen-bond acceptors (Lipinski definition) is 9. The minimum Gasteiger partial charge on any atom is -0.385 e. The van der Waals surface area contributed by atoms with E-state index in [2.05, 4.69) is 15.2 Å². The molecule has 0 aliphatic rings. The Bertz CT molecular complexity index is 815. The highest BCUT2D eigenvalue weighted by Crippen LogP contribution is 2.35. The molecule has 0 bridgehead atoms. The largest absolute Gasteiger partial charge is 0.385 e. The fourth-order valence-corrected chi connectivity index (χ4v) is 4.44. The molecule has 0 aliphatic heterocycles. The molecular weight excluding hydrogens is 370 g/mol. The number of nitro groups is 1. The van der Waals surface area contributed by atoms with Crippen LogP contribution in [-0.4, -0.2) is 38.4 Å². The maximum Gasteiger partial charge on any atom is 0.344 e. The minimum absolute atomic E-state index is 0.0152. The van der Waals surface area contributed by atoms with E-state index in [4.69, 9.17) is 4.74 Å². The summed E-state index contributed by atoms with van der Waals surface area (Å²) < 4.78 is 7.69. The maximum atomic E-state index is 10.8. The van der Waals surface area contributed by atoms with Crippen molar-refractivity contribution >= 4 is 39.4 Å². The van der Waals surface area contributed by atoms with Gasteiger partial charge < -0.3 is 9.30 Å². The number of ether oxygens (including phenoxy) is 1. The molecule has 0 aromatic carbocycles. The predicted octanol–water partition coefficient (Wildman–Crippen LogP) is 3.56. The number of thiazole rings is 1. The van der Waals surface area contributed by atoms with Crippen molar-refractivity contribution in [2.45, 2.75) is 22.5 Å². The molecule has 126 valence electrons. The highest BCUT2D eigenvalue weighted by atomic mass is 32.2. The number of hydrogen-bond donors (Lipinski definition) is 0. The van der Waals surface area contributed by atoms with Gasteiger partial charge in [0, 0.05) is 20.3 Å². The Hall–Kier alpha value is -1.82. The summed E-state index contributed by atoms with van der Waals surface area (Å²) in [6.45, 7) is 1.33. The maximum absolute atomic E-state index is 10.8. The number of methoxy groups -OCH3 is 1. The third-order valence-corrected chi connectivity index (χ3v) is 5.89. The molecule has 3 aromatic heterocycles.